The van der Waals surface area contributed by atoms with E-state index >= 15 is 0 Å². The lowest BCUT2D eigenvalue weighted by Crippen LogP contribution is -2.23. The van der Waals surface area contributed by atoms with Crippen molar-refractivity contribution in [3.8, 4) is 0 Å². The molecule has 2 aromatic heterocycles. The number of nitrogens with zero attached hydrogens (tertiary/aromatic N) is 3. The van der Waals surface area contributed by atoms with Gasteiger partial charge in [0, 0.05) is 38.3 Å². The number of hydrogen-bond acceptors (Lipinski definition) is 4. The van der Waals surface area contributed by atoms with E-state index in [0.29, 0.717) is 6.61 Å². The first kappa shape index (κ1) is 14.5. The Hall–Kier alpha value is -1.88. The first-order valence-electron chi connectivity index (χ1n) is 6.87. The molecule has 5 heteroatoms. The molecule has 1 N–H and O–H groups in total. The van der Waals surface area contributed by atoms with E-state index in [4.69, 9.17) is 4.74 Å². The highest BCUT2D eigenvalue weighted by Gasteiger charge is 2.09. The van der Waals surface area contributed by atoms with Gasteiger partial charge in [-0.15, -0.1) is 0 Å². The first-order chi connectivity index (χ1) is 9.69. The molecule has 0 fully saturated rings. The lowest BCUT2D eigenvalue weighted by Gasteiger charge is -2.15. The van der Waals surface area contributed by atoms with Crippen LogP contribution in [0.15, 0.2) is 30.7 Å². The van der Waals surface area contributed by atoms with E-state index in [9.17, 15) is 0 Å². The van der Waals surface area contributed by atoms with Crippen LogP contribution in [-0.2, 0) is 17.7 Å². The van der Waals surface area contributed by atoms with Crippen LogP contribution in [0.5, 0.6) is 0 Å². The number of hydrogen-bond donors (Lipinski definition) is 1. The van der Waals surface area contributed by atoms with E-state index in [1.807, 2.05) is 19.2 Å². The van der Waals surface area contributed by atoms with Crippen molar-refractivity contribution in [3.63, 3.8) is 0 Å². The van der Waals surface area contributed by atoms with Crippen molar-refractivity contribution in [1.29, 1.82) is 0 Å². The summed E-state index contributed by atoms with van der Waals surface area (Å²) in [5.41, 5.74) is 2.25. The molecule has 2 aromatic rings. The van der Waals surface area contributed by atoms with Crippen LogP contribution < -0.4 is 5.32 Å². The van der Waals surface area contributed by atoms with Crippen LogP contribution in [0, 0.1) is 6.92 Å². The summed E-state index contributed by atoms with van der Waals surface area (Å²) in [5, 5.41) is 3.38. The lowest BCUT2D eigenvalue weighted by molar-refractivity contribution is 0.190. The molecule has 108 valence electrons. The molecule has 0 bridgehead atoms. The van der Waals surface area contributed by atoms with E-state index < -0.39 is 0 Å². The fourth-order valence-electron chi connectivity index (χ4n) is 2.14. The average Bonchev–Trinajstić information content (AvgIpc) is 2.78. The van der Waals surface area contributed by atoms with Gasteiger partial charge in [-0.2, -0.15) is 0 Å². The summed E-state index contributed by atoms with van der Waals surface area (Å²) in [7, 11) is 1.71. The van der Waals surface area contributed by atoms with Crippen molar-refractivity contribution in [2.75, 3.05) is 19.0 Å². The van der Waals surface area contributed by atoms with Crippen molar-refractivity contribution in [1.82, 2.24) is 14.5 Å². The molecule has 0 saturated carbocycles. The molecule has 0 aliphatic heterocycles. The third kappa shape index (κ3) is 4.06. The highest BCUT2D eigenvalue weighted by atomic mass is 16.5. The summed E-state index contributed by atoms with van der Waals surface area (Å²) in [5.74, 6) is 0.899. The Balaban J connectivity index is 2.00. The minimum absolute atomic E-state index is 0.235. The molecule has 2 rings (SSSR count). The number of anilines is 1. The Morgan fingerprint density at radius 1 is 1.45 bits per heavy atom. The molecule has 0 aliphatic rings. The summed E-state index contributed by atoms with van der Waals surface area (Å²) < 4.78 is 7.29. The maximum Gasteiger partial charge on any atom is 0.203 e. The monoisotopic (exact) mass is 274 g/mol. The second-order valence-corrected chi connectivity index (χ2v) is 5.01. The Kier molecular flexibility index (Phi) is 5.12. The molecule has 0 amide bonds. The van der Waals surface area contributed by atoms with E-state index in [0.717, 1.165) is 24.6 Å². The Morgan fingerprint density at radius 3 is 3.00 bits per heavy atom. The molecule has 0 spiro atoms. The maximum absolute atomic E-state index is 5.14. The van der Waals surface area contributed by atoms with Crippen LogP contribution in [0.3, 0.4) is 0 Å². The van der Waals surface area contributed by atoms with E-state index in [-0.39, 0.29) is 6.04 Å². The van der Waals surface area contributed by atoms with Crippen LogP contribution in [0.2, 0.25) is 0 Å². The van der Waals surface area contributed by atoms with Gasteiger partial charge in [-0.1, -0.05) is 6.07 Å². The molecule has 0 saturated heterocycles. The number of aromatic nitrogens is 3. The molecule has 0 radical (unpaired) electrons. The lowest BCUT2D eigenvalue weighted by atomic mass is 10.2. The van der Waals surface area contributed by atoms with Gasteiger partial charge in [0.05, 0.1) is 12.3 Å². The number of pyridine rings is 1. The van der Waals surface area contributed by atoms with E-state index in [2.05, 4.69) is 39.0 Å². The molecule has 1 atom stereocenters. The Labute approximate surface area is 120 Å². The van der Waals surface area contributed by atoms with Gasteiger partial charge in [0.15, 0.2) is 0 Å². The number of methoxy groups -OCH3 is 1. The highest BCUT2D eigenvalue weighted by molar-refractivity contribution is 5.30. The topological polar surface area (TPSA) is 52.0 Å². The molecule has 0 aliphatic carbocycles. The Morgan fingerprint density at radius 2 is 2.30 bits per heavy atom. The number of imidazole rings is 1. The molecule has 1 unspecified atom stereocenters. The predicted molar refractivity (Wildman–Crippen MR) is 79.9 cm³/mol. The Bertz CT molecular complexity index is 524. The zero-order valence-electron chi connectivity index (χ0n) is 12.3. The minimum Gasteiger partial charge on any atom is -0.383 e. The van der Waals surface area contributed by atoms with Crippen LogP contribution in [0.25, 0.3) is 0 Å². The first-order valence-corrected chi connectivity index (χ1v) is 6.87. The van der Waals surface area contributed by atoms with Gasteiger partial charge in [-0.05, 0) is 31.9 Å². The SMILES string of the molecule is COCC(C)Nc1nc(C)cn1CCc1cccnc1. The normalized spacial score (nSPS) is 12.3. The number of nitrogens with one attached hydrogen (secondary N) is 1. The van der Waals surface area contributed by atoms with Gasteiger partial charge in [0.1, 0.15) is 0 Å². The maximum atomic E-state index is 5.14. The van der Waals surface area contributed by atoms with Crippen molar-refractivity contribution in [2.24, 2.45) is 0 Å². The van der Waals surface area contributed by atoms with Crippen molar-refractivity contribution >= 4 is 5.95 Å². The number of ether oxygens (including phenoxy) is 1. The summed E-state index contributed by atoms with van der Waals surface area (Å²) in [6.07, 6.45) is 6.71. The van der Waals surface area contributed by atoms with Gasteiger partial charge in [0.2, 0.25) is 5.95 Å². The van der Waals surface area contributed by atoms with Crippen LogP contribution in [-0.4, -0.2) is 34.3 Å². The van der Waals surface area contributed by atoms with Crippen LogP contribution in [0.4, 0.5) is 5.95 Å². The standard InChI is InChI=1S/C15H22N4O/c1-12-10-19(8-6-14-5-4-7-16-9-14)15(17-12)18-13(2)11-20-3/h4-5,7,9-10,13H,6,8,11H2,1-3H3,(H,17,18). The molecular formula is C15H22N4O. The van der Waals surface area contributed by atoms with Gasteiger partial charge < -0.3 is 14.6 Å². The van der Waals surface area contributed by atoms with Gasteiger partial charge in [-0.3, -0.25) is 4.98 Å². The minimum atomic E-state index is 0.235. The highest BCUT2D eigenvalue weighted by Crippen LogP contribution is 2.11. The third-order valence-electron chi connectivity index (χ3n) is 3.05. The number of rotatable bonds is 7. The third-order valence-corrected chi connectivity index (χ3v) is 3.05. The number of aryl methyl sites for hydroxylation is 3. The van der Waals surface area contributed by atoms with E-state index in [1.165, 1.54) is 5.56 Å². The van der Waals surface area contributed by atoms with Gasteiger partial charge in [0.25, 0.3) is 0 Å². The van der Waals surface area contributed by atoms with Crippen molar-refractivity contribution in [2.45, 2.75) is 32.9 Å². The fourth-order valence-corrected chi connectivity index (χ4v) is 2.14. The van der Waals surface area contributed by atoms with Crippen LogP contribution >= 0.6 is 0 Å². The van der Waals surface area contributed by atoms with Crippen LogP contribution in [0.1, 0.15) is 18.2 Å². The van der Waals surface area contributed by atoms with E-state index in [1.54, 1.807) is 13.3 Å². The van der Waals surface area contributed by atoms with Crippen molar-refractivity contribution < 1.29 is 4.74 Å². The largest absolute Gasteiger partial charge is 0.383 e. The molecule has 0 aromatic carbocycles. The summed E-state index contributed by atoms with van der Waals surface area (Å²) >= 11 is 0. The molecule has 5 nitrogen and oxygen atoms in total. The average molecular weight is 274 g/mol. The van der Waals surface area contributed by atoms with Crippen molar-refractivity contribution in [3.05, 3.63) is 42.0 Å². The predicted octanol–water partition coefficient (Wildman–Crippen LogP) is 2.28. The molecule has 2 heterocycles. The fraction of sp³-hybridized carbons (Fsp3) is 0.467. The summed E-state index contributed by atoms with van der Waals surface area (Å²) in [6.45, 7) is 5.63. The van der Waals surface area contributed by atoms with Gasteiger partial charge in [-0.25, -0.2) is 4.98 Å². The summed E-state index contributed by atoms with van der Waals surface area (Å²) in [6, 6.07) is 4.30. The smallest absolute Gasteiger partial charge is 0.203 e. The zero-order chi connectivity index (χ0) is 14.4. The molecular weight excluding hydrogens is 252 g/mol. The second-order valence-electron chi connectivity index (χ2n) is 5.01. The quantitative estimate of drug-likeness (QED) is 0.841. The zero-order valence-corrected chi connectivity index (χ0v) is 12.3. The second kappa shape index (κ2) is 7.05. The summed E-state index contributed by atoms with van der Waals surface area (Å²) in [4.78, 5) is 8.67. The molecule has 20 heavy (non-hydrogen) atoms. The van der Waals surface area contributed by atoms with Gasteiger partial charge >= 0.3 is 0 Å².